The molecule has 110 valence electrons. The van der Waals surface area contributed by atoms with Crippen LogP contribution in [0.5, 0.6) is 0 Å². The Balaban J connectivity index is 2.19. The van der Waals surface area contributed by atoms with Crippen LogP contribution in [-0.2, 0) is 6.42 Å². The first kappa shape index (κ1) is 15.5. The van der Waals surface area contributed by atoms with Crippen molar-refractivity contribution in [1.29, 1.82) is 0 Å². The van der Waals surface area contributed by atoms with Crippen molar-refractivity contribution in [3.05, 3.63) is 35.6 Å². The molecule has 20 heavy (non-hydrogen) atoms. The fourth-order valence-electron chi connectivity index (χ4n) is 2.71. The van der Waals surface area contributed by atoms with Gasteiger partial charge in [0.25, 0.3) is 0 Å². The van der Waals surface area contributed by atoms with E-state index in [1.54, 1.807) is 0 Å². The summed E-state index contributed by atoms with van der Waals surface area (Å²) in [5.74, 6) is 2.30. The highest BCUT2D eigenvalue weighted by molar-refractivity contribution is 7.98. The predicted molar refractivity (Wildman–Crippen MR) is 89.6 cm³/mol. The van der Waals surface area contributed by atoms with E-state index in [4.69, 9.17) is 4.42 Å². The fraction of sp³-hybridized carbons (Fsp3) is 0.529. The molecule has 0 saturated heterocycles. The predicted octanol–water partition coefficient (Wildman–Crippen LogP) is 4.79. The Bertz CT molecular complexity index is 549. The number of hydrogen-bond acceptors (Lipinski definition) is 3. The highest BCUT2D eigenvalue weighted by Gasteiger charge is 2.19. The summed E-state index contributed by atoms with van der Waals surface area (Å²) in [5, 5.41) is 4.92. The topological polar surface area (TPSA) is 25.2 Å². The molecule has 0 radical (unpaired) electrons. The zero-order valence-corrected chi connectivity index (χ0v) is 13.7. The van der Waals surface area contributed by atoms with E-state index in [0.29, 0.717) is 6.04 Å². The standard InChI is InChI=1S/C17H25NOS/c1-5-14-15-8-6-7-9-16(15)19-17(14)13(3)18-12(2)10-11-20-4/h6-9,12-13,18H,5,10-11H2,1-4H3. The summed E-state index contributed by atoms with van der Waals surface area (Å²) in [6, 6.07) is 9.10. The van der Waals surface area contributed by atoms with E-state index in [0.717, 1.165) is 17.8 Å². The summed E-state index contributed by atoms with van der Waals surface area (Å²) in [7, 11) is 0. The molecule has 0 bridgehead atoms. The maximum absolute atomic E-state index is 6.09. The van der Waals surface area contributed by atoms with Crippen molar-refractivity contribution in [2.24, 2.45) is 0 Å². The Labute approximate surface area is 126 Å². The summed E-state index contributed by atoms with van der Waals surface area (Å²) >= 11 is 1.90. The second kappa shape index (κ2) is 7.19. The number of thioether (sulfide) groups is 1. The van der Waals surface area contributed by atoms with E-state index in [2.05, 4.69) is 50.5 Å². The van der Waals surface area contributed by atoms with Crippen molar-refractivity contribution in [2.75, 3.05) is 12.0 Å². The number of aryl methyl sites for hydroxylation is 1. The maximum atomic E-state index is 6.09. The van der Waals surface area contributed by atoms with Crippen LogP contribution in [-0.4, -0.2) is 18.1 Å². The molecule has 0 aliphatic rings. The molecule has 2 aromatic rings. The third kappa shape index (κ3) is 3.39. The number of rotatable bonds is 7. The van der Waals surface area contributed by atoms with Gasteiger partial charge in [-0.15, -0.1) is 0 Å². The van der Waals surface area contributed by atoms with Gasteiger partial charge in [0.15, 0.2) is 0 Å². The lowest BCUT2D eigenvalue weighted by atomic mass is 10.0. The number of furan rings is 1. The average Bonchev–Trinajstić information content (AvgIpc) is 2.83. The van der Waals surface area contributed by atoms with Gasteiger partial charge in [0.05, 0.1) is 6.04 Å². The molecule has 0 aliphatic carbocycles. The maximum Gasteiger partial charge on any atom is 0.134 e. The van der Waals surface area contributed by atoms with Crippen LogP contribution in [0.4, 0.5) is 0 Å². The molecule has 1 aromatic heterocycles. The monoisotopic (exact) mass is 291 g/mol. The molecule has 1 aromatic carbocycles. The van der Waals surface area contributed by atoms with Crippen LogP contribution in [0, 0.1) is 0 Å². The van der Waals surface area contributed by atoms with Gasteiger partial charge in [-0.05, 0) is 44.8 Å². The quantitative estimate of drug-likeness (QED) is 0.794. The van der Waals surface area contributed by atoms with Crippen LogP contribution in [0.15, 0.2) is 28.7 Å². The molecular formula is C17H25NOS. The molecular weight excluding hydrogens is 266 g/mol. The van der Waals surface area contributed by atoms with Gasteiger partial charge in [0.2, 0.25) is 0 Å². The largest absolute Gasteiger partial charge is 0.459 e. The first-order valence-corrected chi connectivity index (χ1v) is 8.82. The van der Waals surface area contributed by atoms with Crippen molar-refractivity contribution in [3.63, 3.8) is 0 Å². The molecule has 2 unspecified atom stereocenters. The average molecular weight is 291 g/mol. The molecule has 0 fully saturated rings. The van der Waals surface area contributed by atoms with Crippen molar-refractivity contribution in [3.8, 4) is 0 Å². The van der Waals surface area contributed by atoms with Gasteiger partial charge in [-0.2, -0.15) is 11.8 Å². The minimum Gasteiger partial charge on any atom is -0.459 e. The number of hydrogen-bond donors (Lipinski definition) is 1. The van der Waals surface area contributed by atoms with Crippen LogP contribution in [0.25, 0.3) is 11.0 Å². The van der Waals surface area contributed by atoms with Crippen LogP contribution in [0.1, 0.15) is 44.6 Å². The van der Waals surface area contributed by atoms with Gasteiger partial charge in [0, 0.05) is 17.0 Å². The molecule has 3 heteroatoms. The second-order valence-corrected chi connectivity index (χ2v) is 6.35. The van der Waals surface area contributed by atoms with Crippen LogP contribution >= 0.6 is 11.8 Å². The van der Waals surface area contributed by atoms with Crippen LogP contribution in [0.2, 0.25) is 0 Å². The molecule has 2 atom stereocenters. The normalized spacial score (nSPS) is 14.6. The van der Waals surface area contributed by atoms with Crippen LogP contribution in [0.3, 0.4) is 0 Å². The Morgan fingerprint density at radius 3 is 2.70 bits per heavy atom. The van der Waals surface area contributed by atoms with Crippen molar-refractivity contribution >= 4 is 22.7 Å². The number of fused-ring (bicyclic) bond motifs is 1. The zero-order chi connectivity index (χ0) is 14.5. The zero-order valence-electron chi connectivity index (χ0n) is 12.9. The molecule has 0 saturated carbocycles. The minimum absolute atomic E-state index is 0.259. The molecule has 2 rings (SSSR count). The van der Waals surface area contributed by atoms with E-state index >= 15 is 0 Å². The van der Waals surface area contributed by atoms with Crippen molar-refractivity contribution in [1.82, 2.24) is 5.32 Å². The van der Waals surface area contributed by atoms with Gasteiger partial charge in [-0.25, -0.2) is 0 Å². The SMILES string of the molecule is CCc1c(C(C)NC(C)CCSC)oc2ccccc12. The summed E-state index contributed by atoms with van der Waals surface area (Å²) < 4.78 is 6.09. The molecule has 0 amide bonds. The second-order valence-electron chi connectivity index (χ2n) is 5.37. The Kier molecular flexibility index (Phi) is 5.55. The lowest BCUT2D eigenvalue weighted by Gasteiger charge is -2.19. The first-order chi connectivity index (χ1) is 9.67. The lowest BCUT2D eigenvalue weighted by Crippen LogP contribution is -2.29. The molecule has 2 nitrogen and oxygen atoms in total. The third-order valence-electron chi connectivity index (χ3n) is 3.77. The van der Waals surface area contributed by atoms with E-state index in [1.807, 2.05) is 17.8 Å². The molecule has 0 aliphatic heterocycles. The van der Waals surface area contributed by atoms with Crippen molar-refractivity contribution in [2.45, 2.75) is 45.7 Å². The number of benzene rings is 1. The van der Waals surface area contributed by atoms with Gasteiger partial charge < -0.3 is 9.73 Å². The minimum atomic E-state index is 0.259. The van der Waals surface area contributed by atoms with Gasteiger partial charge in [0.1, 0.15) is 11.3 Å². The van der Waals surface area contributed by atoms with E-state index in [1.165, 1.54) is 23.1 Å². The highest BCUT2D eigenvalue weighted by atomic mass is 32.2. The summed E-state index contributed by atoms with van der Waals surface area (Å²) in [4.78, 5) is 0. The highest BCUT2D eigenvalue weighted by Crippen LogP contribution is 2.30. The Morgan fingerprint density at radius 1 is 1.25 bits per heavy atom. The van der Waals surface area contributed by atoms with E-state index in [9.17, 15) is 0 Å². The molecule has 1 heterocycles. The summed E-state index contributed by atoms with van der Waals surface area (Å²) in [6.07, 6.45) is 4.36. The lowest BCUT2D eigenvalue weighted by molar-refractivity contribution is 0.404. The summed E-state index contributed by atoms with van der Waals surface area (Å²) in [6.45, 7) is 6.65. The van der Waals surface area contributed by atoms with Crippen molar-refractivity contribution < 1.29 is 4.42 Å². The molecule has 0 spiro atoms. The Morgan fingerprint density at radius 2 is 2.00 bits per heavy atom. The Hall–Kier alpha value is -0.930. The van der Waals surface area contributed by atoms with E-state index < -0.39 is 0 Å². The van der Waals surface area contributed by atoms with Gasteiger partial charge in [-0.3, -0.25) is 0 Å². The van der Waals surface area contributed by atoms with Gasteiger partial charge in [-0.1, -0.05) is 25.1 Å². The van der Waals surface area contributed by atoms with Crippen LogP contribution < -0.4 is 5.32 Å². The number of para-hydroxylation sites is 1. The smallest absolute Gasteiger partial charge is 0.134 e. The van der Waals surface area contributed by atoms with E-state index in [-0.39, 0.29) is 6.04 Å². The summed E-state index contributed by atoms with van der Waals surface area (Å²) in [5.41, 5.74) is 2.35. The number of nitrogens with one attached hydrogen (secondary N) is 1. The van der Waals surface area contributed by atoms with Gasteiger partial charge >= 0.3 is 0 Å². The molecule has 1 N–H and O–H groups in total. The fourth-order valence-corrected chi connectivity index (χ4v) is 3.30. The first-order valence-electron chi connectivity index (χ1n) is 7.42. The third-order valence-corrected chi connectivity index (χ3v) is 4.41.